The summed E-state index contributed by atoms with van der Waals surface area (Å²) in [5.41, 5.74) is -2.17. The van der Waals surface area contributed by atoms with Crippen molar-refractivity contribution in [1.82, 2.24) is 13.7 Å². The number of aromatic nitrogens is 3. The molecule has 0 bridgehead atoms. The third kappa shape index (κ3) is 9.24. The van der Waals surface area contributed by atoms with Crippen LogP contribution in [-0.2, 0) is 19.6 Å². The van der Waals surface area contributed by atoms with Gasteiger partial charge in [0, 0.05) is 19.6 Å². The molecule has 0 N–H and O–H groups in total. The van der Waals surface area contributed by atoms with Crippen LogP contribution in [0, 0.1) is 0 Å². The minimum Gasteiger partial charge on any atom is -0.247 e. The molecule has 0 saturated carbocycles. The van der Waals surface area contributed by atoms with E-state index < -0.39 is 38.0 Å². The average Bonchev–Trinajstić information content (AvgIpc) is 2.56. The van der Waals surface area contributed by atoms with E-state index in [0.29, 0.717) is 0 Å². The fourth-order valence-corrected chi connectivity index (χ4v) is 4.11. The molecule has 30 heavy (non-hydrogen) atoms. The van der Waals surface area contributed by atoms with Crippen LogP contribution in [0.2, 0.25) is 0 Å². The maximum Gasteiger partial charge on any atom is 0.336 e. The molecule has 0 radical (unpaired) electrons. The van der Waals surface area contributed by atoms with Crippen molar-refractivity contribution in [2.24, 2.45) is 0 Å². The summed E-state index contributed by atoms with van der Waals surface area (Å²) in [6, 6.07) is 0. The molecule has 174 valence electrons. The van der Waals surface area contributed by atoms with Crippen molar-refractivity contribution in [3.05, 3.63) is 31.5 Å². The highest BCUT2D eigenvalue weighted by molar-refractivity contribution is 9.40. The minimum absolute atomic E-state index is 0.0240. The van der Waals surface area contributed by atoms with Crippen LogP contribution in [0.25, 0.3) is 0 Å². The molecule has 1 aromatic heterocycles. The lowest BCUT2D eigenvalue weighted by Crippen LogP contribution is -2.57. The van der Waals surface area contributed by atoms with Crippen molar-refractivity contribution >= 4 is 191 Å². The standard InChI is InChI=1S/C12H9Br12N3O3/c13-4(10(16,17)18)1-25-7(28)26(2-5(14)11(19,20)21)9(30)27(8(25)29)3-6(15)12(22,23)24/h4-6H,1-3H2. The molecule has 0 spiro atoms. The SMILES string of the molecule is O=c1n(CC(Br)C(Br)(Br)Br)c(=O)n(CC(Br)C(Br)(Br)Br)c(=O)n1CC(Br)C(Br)(Br)Br. The first-order valence-electron chi connectivity index (χ1n) is 7.35. The van der Waals surface area contributed by atoms with Crippen LogP contribution >= 0.6 is 191 Å². The second-order valence-electron chi connectivity index (χ2n) is 5.71. The second-order valence-corrected chi connectivity index (χ2v) is 29.9. The smallest absolute Gasteiger partial charge is 0.247 e. The average molecular weight is 1200 g/mol. The van der Waals surface area contributed by atoms with Gasteiger partial charge < -0.3 is 0 Å². The molecule has 0 aliphatic rings. The molecule has 0 aliphatic heterocycles. The lowest BCUT2D eigenvalue weighted by atomic mass is 10.4. The zero-order valence-corrected chi connectivity index (χ0v) is 33.0. The molecular formula is C12H9Br12N3O3. The summed E-state index contributed by atoms with van der Waals surface area (Å²) < 4.78 is 0.719. The first-order chi connectivity index (χ1) is 13.3. The van der Waals surface area contributed by atoms with Gasteiger partial charge in [-0.1, -0.05) is 191 Å². The Morgan fingerprint density at radius 2 is 0.667 bits per heavy atom. The van der Waals surface area contributed by atoms with Crippen molar-refractivity contribution in [3.8, 4) is 0 Å². The first-order valence-corrected chi connectivity index (χ1v) is 17.2. The van der Waals surface area contributed by atoms with Crippen LogP contribution in [0.1, 0.15) is 0 Å². The largest absolute Gasteiger partial charge is 0.336 e. The maximum absolute atomic E-state index is 13.1. The summed E-state index contributed by atoms with van der Waals surface area (Å²) in [7, 11) is 0. The van der Waals surface area contributed by atoms with Crippen molar-refractivity contribution in [2.45, 2.75) is 40.5 Å². The summed E-state index contributed by atoms with van der Waals surface area (Å²) in [6.07, 6.45) is 0. The van der Waals surface area contributed by atoms with Crippen molar-refractivity contribution in [1.29, 1.82) is 0 Å². The first kappa shape index (κ1) is 32.2. The molecule has 6 nitrogen and oxygen atoms in total. The quantitative estimate of drug-likeness (QED) is 0.289. The molecule has 3 atom stereocenters. The van der Waals surface area contributed by atoms with Gasteiger partial charge in [-0.2, -0.15) is 0 Å². The van der Waals surface area contributed by atoms with Crippen LogP contribution in [0.4, 0.5) is 0 Å². The maximum atomic E-state index is 13.1. The Hall–Kier alpha value is 4.17. The van der Waals surface area contributed by atoms with E-state index in [4.69, 9.17) is 0 Å². The van der Waals surface area contributed by atoms with Gasteiger partial charge in [0.25, 0.3) is 0 Å². The van der Waals surface area contributed by atoms with E-state index in [1.165, 1.54) is 0 Å². The van der Waals surface area contributed by atoms with Gasteiger partial charge in [-0.05, 0) is 0 Å². The summed E-state index contributed by atoms with van der Waals surface area (Å²) in [5.74, 6) is 0. The summed E-state index contributed by atoms with van der Waals surface area (Å²) in [6.45, 7) is -0.0721. The predicted octanol–water partition coefficient (Wildman–Crippen LogP) is 6.98. The van der Waals surface area contributed by atoms with E-state index in [9.17, 15) is 14.4 Å². The number of alkyl halides is 12. The topological polar surface area (TPSA) is 66.0 Å². The van der Waals surface area contributed by atoms with Gasteiger partial charge in [0.2, 0.25) is 0 Å². The number of hydrogen-bond acceptors (Lipinski definition) is 3. The van der Waals surface area contributed by atoms with Crippen molar-refractivity contribution in [3.63, 3.8) is 0 Å². The summed E-state index contributed by atoms with van der Waals surface area (Å²) >= 11 is 40.7. The lowest BCUT2D eigenvalue weighted by Gasteiger charge is -2.25. The highest BCUT2D eigenvalue weighted by atomic mass is 80.0. The predicted molar refractivity (Wildman–Crippen MR) is 166 cm³/mol. The van der Waals surface area contributed by atoms with Crippen LogP contribution in [0.5, 0.6) is 0 Å². The van der Waals surface area contributed by atoms with Gasteiger partial charge in [-0.15, -0.1) is 0 Å². The van der Waals surface area contributed by atoms with Crippen LogP contribution in [0.3, 0.4) is 0 Å². The molecule has 18 heteroatoms. The Morgan fingerprint density at radius 3 is 0.800 bits per heavy atom. The Kier molecular flexibility index (Phi) is 13.5. The van der Waals surface area contributed by atoms with E-state index >= 15 is 0 Å². The third-order valence-electron chi connectivity index (χ3n) is 3.48. The zero-order valence-electron chi connectivity index (χ0n) is 14.0. The number of rotatable bonds is 6. The number of halogens is 12. The Labute approximate surface area is 272 Å². The van der Waals surface area contributed by atoms with Gasteiger partial charge in [-0.3, -0.25) is 0 Å². The molecule has 3 unspecified atom stereocenters. The fraction of sp³-hybridized carbons (Fsp3) is 0.750. The van der Waals surface area contributed by atoms with Crippen LogP contribution in [0.15, 0.2) is 14.4 Å². The van der Waals surface area contributed by atoms with E-state index in [0.717, 1.165) is 13.7 Å². The number of nitrogens with zero attached hydrogens (tertiary/aromatic N) is 3. The summed E-state index contributed by atoms with van der Waals surface area (Å²) in [4.78, 5) is 38.1. The van der Waals surface area contributed by atoms with Gasteiger partial charge in [0.1, 0.15) is 6.43 Å². The molecule has 0 amide bonds. The van der Waals surface area contributed by atoms with E-state index in [1.54, 1.807) is 0 Å². The Morgan fingerprint density at radius 1 is 0.500 bits per heavy atom. The highest BCUT2D eigenvalue weighted by Gasteiger charge is 2.34. The van der Waals surface area contributed by atoms with Crippen molar-refractivity contribution in [2.75, 3.05) is 0 Å². The van der Waals surface area contributed by atoms with E-state index in [-0.39, 0.29) is 19.6 Å². The Balaban J connectivity index is 3.71. The summed E-state index contributed by atoms with van der Waals surface area (Å²) in [5, 5.41) is 0. The molecule has 0 saturated heterocycles. The minimum atomic E-state index is -0.770. The molecule has 0 fully saturated rings. The lowest BCUT2D eigenvalue weighted by molar-refractivity contribution is 0.445. The molecule has 1 rings (SSSR count). The monoisotopic (exact) mass is 1190 g/mol. The molecule has 0 aromatic carbocycles. The normalized spacial score (nSPS) is 16.4. The van der Waals surface area contributed by atoms with Gasteiger partial charge >= 0.3 is 17.1 Å². The molecule has 0 aliphatic carbocycles. The van der Waals surface area contributed by atoms with Crippen LogP contribution in [-0.4, -0.2) is 34.6 Å². The fourth-order valence-electron chi connectivity index (χ4n) is 1.94. The zero-order chi connectivity index (χ0) is 23.8. The van der Waals surface area contributed by atoms with E-state index in [1.807, 2.05) is 0 Å². The Bertz CT molecular complexity index is 773. The van der Waals surface area contributed by atoms with Crippen LogP contribution < -0.4 is 17.1 Å². The second kappa shape index (κ2) is 12.6. The molecule has 1 heterocycles. The van der Waals surface area contributed by atoms with Gasteiger partial charge in [-0.25, -0.2) is 28.1 Å². The van der Waals surface area contributed by atoms with E-state index in [2.05, 4.69) is 191 Å². The van der Waals surface area contributed by atoms with Gasteiger partial charge in [0.05, 0.1) is 14.5 Å². The third-order valence-corrected chi connectivity index (χ3v) is 16.9. The molecular weight excluding hydrogens is 1190 g/mol. The van der Waals surface area contributed by atoms with Gasteiger partial charge in [0.15, 0.2) is 0 Å². The number of hydrogen-bond donors (Lipinski definition) is 0. The molecule has 1 aromatic rings. The highest BCUT2D eigenvalue weighted by Crippen LogP contribution is 2.43. The van der Waals surface area contributed by atoms with Crippen molar-refractivity contribution < 1.29 is 0 Å².